The lowest BCUT2D eigenvalue weighted by Crippen LogP contribution is -2.50. The fourth-order valence-corrected chi connectivity index (χ4v) is 1.96. The van der Waals surface area contributed by atoms with Gasteiger partial charge in [-0.05, 0) is 45.9 Å². The van der Waals surface area contributed by atoms with E-state index in [1.807, 2.05) is 27.7 Å². The van der Waals surface area contributed by atoms with E-state index >= 15 is 0 Å². The number of methoxy groups -OCH3 is 1. The Morgan fingerprint density at radius 1 is 1.26 bits per heavy atom. The van der Waals surface area contributed by atoms with Gasteiger partial charge in [0.05, 0.1) is 18.2 Å². The van der Waals surface area contributed by atoms with Crippen molar-refractivity contribution in [1.82, 2.24) is 5.06 Å². The highest BCUT2D eigenvalue weighted by Crippen LogP contribution is 2.39. The Bertz CT molecular complexity index is 535. The molecule has 103 valence electrons. The van der Waals surface area contributed by atoms with Gasteiger partial charge in [-0.1, -0.05) is 5.21 Å². The molecule has 1 aromatic rings. The lowest BCUT2D eigenvalue weighted by Gasteiger charge is -2.35. The van der Waals surface area contributed by atoms with Crippen LogP contribution in [0.2, 0.25) is 0 Å². The molecule has 0 saturated carbocycles. The quantitative estimate of drug-likeness (QED) is 0.890. The number of rotatable bonds is 2. The molecule has 2 rings (SSSR count). The molecule has 0 bridgehead atoms. The van der Waals surface area contributed by atoms with E-state index < -0.39 is 11.1 Å². The predicted molar refractivity (Wildman–Crippen MR) is 71.9 cm³/mol. The maximum atomic E-state index is 12.4. The van der Waals surface area contributed by atoms with Crippen LogP contribution in [-0.2, 0) is 5.21 Å². The standard InChI is InChI=1S/C14H19N2O3/c1-13(2)14(3,4)16(18)12(15-13)9-6-7-10(17)11(8-9)19-5/h6-8,17H,1-5H3. The van der Waals surface area contributed by atoms with Gasteiger partial charge in [-0.15, -0.1) is 0 Å². The Balaban J connectivity index is 2.49. The van der Waals surface area contributed by atoms with Crippen LogP contribution in [0.25, 0.3) is 0 Å². The summed E-state index contributed by atoms with van der Waals surface area (Å²) in [6.07, 6.45) is 0. The Morgan fingerprint density at radius 2 is 1.89 bits per heavy atom. The highest BCUT2D eigenvalue weighted by Gasteiger charge is 2.50. The molecule has 0 atom stereocenters. The van der Waals surface area contributed by atoms with Gasteiger partial charge in [-0.25, -0.2) is 0 Å². The first kappa shape index (κ1) is 13.7. The molecule has 5 nitrogen and oxygen atoms in total. The third-order valence-electron chi connectivity index (χ3n) is 4.02. The average molecular weight is 263 g/mol. The summed E-state index contributed by atoms with van der Waals surface area (Å²) in [5.74, 6) is 0.741. The van der Waals surface area contributed by atoms with Crippen LogP contribution in [0.15, 0.2) is 23.2 Å². The summed E-state index contributed by atoms with van der Waals surface area (Å²) in [6.45, 7) is 7.60. The van der Waals surface area contributed by atoms with Crippen LogP contribution in [0.1, 0.15) is 33.3 Å². The van der Waals surface area contributed by atoms with Gasteiger partial charge in [0.25, 0.3) is 0 Å². The van der Waals surface area contributed by atoms with E-state index in [9.17, 15) is 10.3 Å². The number of benzene rings is 1. The molecule has 0 saturated heterocycles. The molecule has 0 fully saturated rings. The van der Waals surface area contributed by atoms with Crippen molar-refractivity contribution in [3.8, 4) is 11.5 Å². The molecule has 0 unspecified atom stereocenters. The van der Waals surface area contributed by atoms with Crippen molar-refractivity contribution < 1.29 is 15.1 Å². The molecule has 0 amide bonds. The summed E-state index contributed by atoms with van der Waals surface area (Å²) in [5, 5.41) is 22.9. The molecule has 19 heavy (non-hydrogen) atoms. The fraction of sp³-hybridized carbons (Fsp3) is 0.500. The number of hydroxylamine groups is 2. The first-order chi connectivity index (χ1) is 8.70. The molecule has 1 N–H and O–H groups in total. The van der Waals surface area contributed by atoms with Crippen molar-refractivity contribution in [3.63, 3.8) is 0 Å². The second kappa shape index (κ2) is 4.13. The van der Waals surface area contributed by atoms with Crippen molar-refractivity contribution >= 4 is 5.84 Å². The van der Waals surface area contributed by atoms with Gasteiger partial charge in [0.15, 0.2) is 17.3 Å². The summed E-state index contributed by atoms with van der Waals surface area (Å²) in [7, 11) is 1.47. The van der Waals surface area contributed by atoms with E-state index in [1.54, 1.807) is 12.1 Å². The van der Waals surface area contributed by atoms with Crippen molar-refractivity contribution in [2.75, 3.05) is 7.11 Å². The number of aromatic hydroxyl groups is 1. The van der Waals surface area contributed by atoms with Crippen LogP contribution >= 0.6 is 0 Å². The number of phenols is 1. The second-order valence-electron chi connectivity index (χ2n) is 5.73. The van der Waals surface area contributed by atoms with E-state index in [2.05, 4.69) is 4.99 Å². The van der Waals surface area contributed by atoms with Gasteiger partial charge in [-0.3, -0.25) is 4.99 Å². The summed E-state index contributed by atoms with van der Waals surface area (Å²) in [4.78, 5) is 4.52. The first-order valence-corrected chi connectivity index (χ1v) is 6.15. The summed E-state index contributed by atoms with van der Waals surface area (Å²) in [5.41, 5.74) is -0.453. The van der Waals surface area contributed by atoms with Crippen LogP contribution < -0.4 is 4.74 Å². The van der Waals surface area contributed by atoms with Gasteiger partial charge in [0.1, 0.15) is 0 Å². The first-order valence-electron chi connectivity index (χ1n) is 6.15. The van der Waals surface area contributed by atoms with Crippen molar-refractivity contribution in [3.05, 3.63) is 23.8 Å². The van der Waals surface area contributed by atoms with Crippen LogP contribution in [0.5, 0.6) is 11.5 Å². The van der Waals surface area contributed by atoms with E-state index in [0.717, 1.165) is 5.06 Å². The monoisotopic (exact) mass is 263 g/mol. The number of hydrogen-bond donors (Lipinski definition) is 1. The summed E-state index contributed by atoms with van der Waals surface area (Å²) < 4.78 is 5.06. The molecule has 1 aromatic carbocycles. The smallest absolute Gasteiger partial charge is 0.161 e. The van der Waals surface area contributed by atoms with E-state index in [-0.39, 0.29) is 5.75 Å². The SMILES string of the molecule is COc1cc(C2=NC(C)(C)C(C)(C)N2[O])ccc1O. The Labute approximate surface area is 113 Å². The van der Waals surface area contributed by atoms with Gasteiger partial charge < -0.3 is 9.84 Å². The van der Waals surface area contributed by atoms with Crippen molar-refractivity contribution in [1.29, 1.82) is 0 Å². The molecule has 1 heterocycles. The molecule has 1 aliphatic heterocycles. The zero-order valence-corrected chi connectivity index (χ0v) is 11.9. The molecular weight excluding hydrogens is 244 g/mol. The van der Waals surface area contributed by atoms with Crippen molar-refractivity contribution in [2.24, 2.45) is 4.99 Å². The average Bonchev–Trinajstić information content (AvgIpc) is 2.50. The van der Waals surface area contributed by atoms with E-state index in [4.69, 9.17) is 4.74 Å². The third kappa shape index (κ3) is 1.94. The van der Waals surface area contributed by atoms with Gasteiger partial charge in [-0.2, -0.15) is 5.06 Å². The molecule has 0 aliphatic carbocycles. The third-order valence-corrected chi connectivity index (χ3v) is 4.02. The lowest BCUT2D eigenvalue weighted by molar-refractivity contribution is -0.158. The molecular formula is C14H19N2O3. The minimum absolute atomic E-state index is 0.0424. The number of amidine groups is 1. The summed E-state index contributed by atoms with van der Waals surface area (Å²) >= 11 is 0. The van der Waals surface area contributed by atoms with Gasteiger partial charge in [0, 0.05) is 5.56 Å². The fourth-order valence-electron chi connectivity index (χ4n) is 1.96. The minimum Gasteiger partial charge on any atom is -0.504 e. The number of phenolic OH excluding ortho intramolecular Hbond substituents is 1. The highest BCUT2D eigenvalue weighted by molar-refractivity contribution is 6.00. The molecule has 1 aliphatic rings. The summed E-state index contributed by atoms with van der Waals surface area (Å²) in [6, 6.07) is 4.79. The highest BCUT2D eigenvalue weighted by atomic mass is 16.5. The molecule has 5 heteroatoms. The Hall–Kier alpha value is -1.75. The van der Waals surface area contributed by atoms with Crippen LogP contribution in [-0.4, -0.2) is 34.2 Å². The van der Waals surface area contributed by atoms with Gasteiger partial charge >= 0.3 is 0 Å². The Morgan fingerprint density at radius 3 is 2.37 bits per heavy atom. The molecule has 0 aromatic heterocycles. The van der Waals surface area contributed by atoms with E-state index in [0.29, 0.717) is 17.1 Å². The Kier molecular flexibility index (Phi) is 2.97. The largest absolute Gasteiger partial charge is 0.504 e. The van der Waals surface area contributed by atoms with Crippen molar-refractivity contribution in [2.45, 2.75) is 38.8 Å². The second-order valence-corrected chi connectivity index (χ2v) is 5.73. The maximum absolute atomic E-state index is 12.4. The zero-order valence-electron chi connectivity index (χ0n) is 11.9. The number of aliphatic imine (C=N–C) groups is 1. The number of ether oxygens (including phenoxy) is 1. The van der Waals surface area contributed by atoms with Crippen LogP contribution in [0, 0.1) is 0 Å². The van der Waals surface area contributed by atoms with E-state index in [1.165, 1.54) is 13.2 Å². The lowest BCUT2D eigenvalue weighted by atomic mass is 9.84. The predicted octanol–water partition coefficient (Wildman–Crippen LogP) is 2.37. The van der Waals surface area contributed by atoms with Crippen LogP contribution in [0.4, 0.5) is 0 Å². The molecule has 1 radical (unpaired) electrons. The van der Waals surface area contributed by atoms with Crippen LogP contribution in [0.3, 0.4) is 0 Å². The van der Waals surface area contributed by atoms with Gasteiger partial charge in [0.2, 0.25) is 0 Å². The maximum Gasteiger partial charge on any atom is 0.161 e. The number of hydrogen-bond acceptors (Lipinski definition) is 4. The zero-order chi connectivity index (χ0) is 14.4. The minimum atomic E-state index is -0.618. The molecule has 0 spiro atoms. The topological polar surface area (TPSA) is 65.0 Å². The number of nitrogens with zero attached hydrogens (tertiary/aromatic N) is 2. The normalized spacial score (nSPS) is 20.3.